The monoisotopic (exact) mass is 351 g/mol. The molecule has 0 saturated heterocycles. The maximum absolute atomic E-state index is 12.8. The number of carbonyl (C=O) groups excluding carboxylic acids is 1. The molecule has 0 saturated carbocycles. The Bertz CT molecular complexity index is 756. The van der Waals surface area contributed by atoms with Crippen LogP contribution in [0.1, 0.15) is 15.2 Å². The van der Waals surface area contributed by atoms with E-state index in [-0.39, 0.29) is 11.7 Å². The molecule has 22 heavy (non-hydrogen) atoms. The van der Waals surface area contributed by atoms with Gasteiger partial charge in [-0.2, -0.15) is 0 Å². The van der Waals surface area contributed by atoms with E-state index in [1.54, 1.807) is 18.2 Å². The van der Waals surface area contributed by atoms with Crippen molar-refractivity contribution in [2.45, 2.75) is 10.1 Å². The third-order valence-corrected chi connectivity index (χ3v) is 5.56. The first-order valence-electron chi connectivity index (χ1n) is 6.26. The minimum Gasteiger partial charge on any atom is -0.296 e. The zero-order chi connectivity index (χ0) is 15.4. The summed E-state index contributed by atoms with van der Waals surface area (Å²) in [7, 11) is 0. The Morgan fingerprint density at radius 3 is 2.77 bits per heavy atom. The molecule has 2 heterocycles. The maximum Gasteiger partial charge on any atom is 0.267 e. The number of hydrogen-bond acceptors (Lipinski definition) is 6. The van der Waals surface area contributed by atoms with E-state index in [1.165, 1.54) is 46.6 Å². The zero-order valence-corrected chi connectivity index (χ0v) is 13.6. The Kier molecular flexibility index (Phi) is 4.81. The topological polar surface area (TPSA) is 54.9 Å². The molecule has 4 nitrogen and oxygen atoms in total. The third kappa shape index (κ3) is 3.90. The van der Waals surface area contributed by atoms with Crippen molar-refractivity contribution in [2.75, 3.05) is 5.32 Å². The van der Waals surface area contributed by atoms with E-state index in [4.69, 9.17) is 0 Å². The summed E-state index contributed by atoms with van der Waals surface area (Å²) in [5, 5.41) is 13.0. The van der Waals surface area contributed by atoms with Gasteiger partial charge in [0.1, 0.15) is 5.82 Å². The molecule has 0 radical (unpaired) electrons. The van der Waals surface area contributed by atoms with E-state index in [9.17, 15) is 9.18 Å². The van der Waals surface area contributed by atoms with Crippen LogP contribution in [0.2, 0.25) is 0 Å². The number of aromatic nitrogens is 2. The average Bonchev–Trinajstić information content (AvgIpc) is 3.18. The number of carbonyl (C=O) groups is 1. The van der Waals surface area contributed by atoms with Crippen molar-refractivity contribution in [3.63, 3.8) is 0 Å². The number of benzene rings is 1. The third-order valence-electron chi connectivity index (χ3n) is 2.65. The SMILES string of the molecule is O=C(Nc1nnc(SCc2ccc(F)cc2)s1)c1cccs1. The minimum atomic E-state index is -0.247. The number of nitrogens with zero attached hydrogens (tertiary/aromatic N) is 2. The van der Waals surface area contributed by atoms with Crippen molar-refractivity contribution in [1.29, 1.82) is 0 Å². The van der Waals surface area contributed by atoms with Crippen LogP contribution in [0.5, 0.6) is 0 Å². The van der Waals surface area contributed by atoms with Crippen LogP contribution in [0.15, 0.2) is 46.1 Å². The van der Waals surface area contributed by atoms with Gasteiger partial charge >= 0.3 is 0 Å². The second-order valence-corrected chi connectivity index (χ2v) is 7.37. The first-order valence-corrected chi connectivity index (χ1v) is 8.94. The molecule has 0 unspecified atom stereocenters. The molecule has 0 aliphatic heterocycles. The van der Waals surface area contributed by atoms with Gasteiger partial charge in [0.25, 0.3) is 5.91 Å². The smallest absolute Gasteiger partial charge is 0.267 e. The van der Waals surface area contributed by atoms with Crippen molar-refractivity contribution in [1.82, 2.24) is 10.2 Å². The van der Waals surface area contributed by atoms with E-state index < -0.39 is 0 Å². The van der Waals surface area contributed by atoms with Gasteiger partial charge in [-0.25, -0.2) is 4.39 Å². The van der Waals surface area contributed by atoms with Gasteiger partial charge in [0, 0.05) is 5.75 Å². The molecule has 2 aromatic heterocycles. The summed E-state index contributed by atoms with van der Waals surface area (Å²) in [4.78, 5) is 12.5. The Balaban J connectivity index is 1.57. The van der Waals surface area contributed by atoms with Gasteiger partial charge < -0.3 is 0 Å². The molecule has 3 aromatic rings. The summed E-state index contributed by atoms with van der Waals surface area (Å²) >= 11 is 4.19. The number of halogens is 1. The first-order chi connectivity index (χ1) is 10.7. The van der Waals surface area contributed by atoms with Crippen LogP contribution in [-0.4, -0.2) is 16.1 Å². The molecule has 0 fully saturated rings. The molecule has 1 aromatic carbocycles. The second kappa shape index (κ2) is 6.99. The standard InChI is InChI=1S/C14H10FN3OS3/c15-10-5-3-9(4-6-10)8-21-14-18-17-13(22-14)16-12(19)11-2-1-7-20-11/h1-7H,8H2,(H,16,17,19). The fourth-order valence-corrected chi connectivity index (χ4v) is 3.93. The van der Waals surface area contributed by atoms with E-state index >= 15 is 0 Å². The Labute approximate surface area is 138 Å². The lowest BCUT2D eigenvalue weighted by Crippen LogP contribution is -2.09. The van der Waals surface area contributed by atoms with Gasteiger partial charge in [-0.05, 0) is 29.1 Å². The lowest BCUT2D eigenvalue weighted by Gasteiger charge is -1.98. The fraction of sp³-hybridized carbons (Fsp3) is 0.0714. The highest BCUT2D eigenvalue weighted by atomic mass is 32.2. The van der Waals surface area contributed by atoms with Crippen LogP contribution in [0.4, 0.5) is 9.52 Å². The quantitative estimate of drug-likeness (QED) is 0.550. The highest BCUT2D eigenvalue weighted by molar-refractivity contribution is 8.00. The minimum absolute atomic E-state index is 0.179. The van der Waals surface area contributed by atoms with Gasteiger partial charge in [-0.3, -0.25) is 10.1 Å². The van der Waals surface area contributed by atoms with Crippen molar-refractivity contribution < 1.29 is 9.18 Å². The van der Waals surface area contributed by atoms with E-state index in [2.05, 4.69) is 15.5 Å². The van der Waals surface area contributed by atoms with E-state index in [1.807, 2.05) is 11.4 Å². The Morgan fingerprint density at radius 2 is 2.05 bits per heavy atom. The van der Waals surface area contributed by atoms with Crippen LogP contribution in [-0.2, 0) is 5.75 Å². The fourth-order valence-electron chi connectivity index (χ4n) is 1.61. The average molecular weight is 351 g/mol. The number of rotatable bonds is 5. The van der Waals surface area contributed by atoms with Crippen LogP contribution in [0, 0.1) is 5.82 Å². The molecule has 0 aliphatic carbocycles. The molecule has 1 amide bonds. The molecule has 0 bridgehead atoms. The maximum atomic E-state index is 12.8. The number of amides is 1. The summed E-state index contributed by atoms with van der Waals surface area (Å²) in [6, 6.07) is 9.92. The molecule has 1 N–H and O–H groups in total. The second-order valence-electron chi connectivity index (χ2n) is 4.22. The van der Waals surface area contributed by atoms with Gasteiger partial charge in [0.15, 0.2) is 4.34 Å². The molecule has 0 atom stereocenters. The van der Waals surface area contributed by atoms with Crippen molar-refractivity contribution in [3.8, 4) is 0 Å². The van der Waals surface area contributed by atoms with E-state index in [0.717, 1.165) is 9.90 Å². The number of hydrogen-bond donors (Lipinski definition) is 1. The lowest BCUT2D eigenvalue weighted by atomic mass is 10.2. The summed E-state index contributed by atoms with van der Waals surface area (Å²) < 4.78 is 13.6. The summed E-state index contributed by atoms with van der Waals surface area (Å²) in [6.07, 6.45) is 0. The molecule has 112 valence electrons. The van der Waals surface area contributed by atoms with Crippen molar-refractivity contribution >= 4 is 45.5 Å². The summed E-state index contributed by atoms with van der Waals surface area (Å²) in [5.74, 6) is 0.248. The highest BCUT2D eigenvalue weighted by Crippen LogP contribution is 2.28. The Hall–Kier alpha value is -1.77. The molecule has 0 aliphatic rings. The summed E-state index contributed by atoms with van der Waals surface area (Å²) in [6.45, 7) is 0. The zero-order valence-electron chi connectivity index (χ0n) is 11.2. The molecule has 3 rings (SSSR count). The molecule has 0 spiro atoms. The van der Waals surface area contributed by atoms with Gasteiger partial charge in [-0.15, -0.1) is 21.5 Å². The van der Waals surface area contributed by atoms with Crippen molar-refractivity contribution in [3.05, 3.63) is 58.0 Å². The van der Waals surface area contributed by atoms with Gasteiger partial charge in [0.2, 0.25) is 5.13 Å². The molecule has 8 heteroatoms. The van der Waals surface area contributed by atoms with Crippen LogP contribution in [0.25, 0.3) is 0 Å². The summed E-state index contributed by atoms with van der Waals surface area (Å²) in [5.41, 5.74) is 1.01. The molecular weight excluding hydrogens is 341 g/mol. The van der Waals surface area contributed by atoms with E-state index in [0.29, 0.717) is 15.8 Å². The predicted octanol–water partition coefficient (Wildman–Crippen LogP) is 4.28. The van der Waals surface area contributed by atoms with Crippen LogP contribution < -0.4 is 5.32 Å². The van der Waals surface area contributed by atoms with Gasteiger partial charge in [-0.1, -0.05) is 41.3 Å². The van der Waals surface area contributed by atoms with Crippen LogP contribution >= 0.6 is 34.4 Å². The predicted molar refractivity (Wildman–Crippen MR) is 88.1 cm³/mol. The number of thiophene rings is 1. The normalized spacial score (nSPS) is 10.6. The van der Waals surface area contributed by atoms with Gasteiger partial charge in [0.05, 0.1) is 4.88 Å². The molecular formula is C14H10FN3OS3. The number of anilines is 1. The van der Waals surface area contributed by atoms with Crippen LogP contribution in [0.3, 0.4) is 0 Å². The lowest BCUT2D eigenvalue weighted by molar-refractivity contribution is 0.103. The first kappa shape index (κ1) is 15.1. The highest BCUT2D eigenvalue weighted by Gasteiger charge is 2.11. The number of thioether (sulfide) groups is 1. The van der Waals surface area contributed by atoms with Crippen molar-refractivity contribution in [2.24, 2.45) is 0 Å². The number of nitrogens with one attached hydrogen (secondary N) is 1. The Morgan fingerprint density at radius 1 is 1.23 bits per heavy atom. The largest absolute Gasteiger partial charge is 0.296 e.